The van der Waals surface area contributed by atoms with Gasteiger partial charge in [-0.3, -0.25) is 14.9 Å². The molecule has 0 spiro atoms. The predicted molar refractivity (Wildman–Crippen MR) is 83.8 cm³/mol. The van der Waals surface area contributed by atoms with Crippen molar-refractivity contribution in [3.8, 4) is 0 Å². The lowest BCUT2D eigenvalue weighted by atomic mass is 9.98. The summed E-state index contributed by atoms with van der Waals surface area (Å²) >= 11 is 3.18. The standard InChI is InChI=1S/C15H19BrN2O3/c1-2-11-4-6-15(19)17(8-7-11)10-12-3-5-13(16)14(9-12)18(20)21/h3,5,9,11H,2,4,6-8,10H2,1H3. The monoisotopic (exact) mass is 354 g/mol. The van der Waals surface area contributed by atoms with Gasteiger partial charge < -0.3 is 4.90 Å². The van der Waals surface area contributed by atoms with Gasteiger partial charge >= 0.3 is 0 Å². The summed E-state index contributed by atoms with van der Waals surface area (Å²) < 4.78 is 0.462. The Kier molecular flexibility index (Phi) is 5.33. The Bertz CT molecular complexity index is 548. The van der Waals surface area contributed by atoms with Crippen molar-refractivity contribution >= 4 is 27.5 Å². The maximum Gasteiger partial charge on any atom is 0.283 e. The first-order valence-corrected chi connectivity index (χ1v) is 8.01. The van der Waals surface area contributed by atoms with E-state index in [2.05, 4.69) is 22.9 Å². The molecule has 2 rings (SSSR count). The number of nitro benzene ring substituents is 1. The largest absolute Gasteiger partial charge is 0.338 e. The van der Waals surface area contributed by atoms with Gasteiger partial charge in [-0.2, -0.15) is 0 Å². The number of amides is 1. The summed E-state index contributed by atoms with van der Waals surface area (Å²) in [5, 5.41) is 11.0. The molecule has 0 aliphatic carbocycles. The first-order valence-electron chi connectivity index (χ1n) is 7.21. The Morgan fingerprint density at radius 1 is 1.43 bits per heavy atom. The average molecular weight is 355 g/mol. The van der Waals surface area contributed by atoms with Gasteiger partial charge in [-0.15, -0.1) is 0 Å². The second-order valence-electron chi connectivity index (χ2n) is 5.46. The quantitative estimate of drug-likeness (QED) is 0.608. The van der Waals surface area contributed by atoms with Crippen molar-refractivity contribution in [2.75, 3.05) is 6.54 Å². The van der Waals surface area contributed by atoms with Crippen molar-refractivity contribution in [1.82, 2.24) is 4.90 Å². The van der Waals surface area contributed by atoms with Crippen LogP contribution in [0.15, 0.2) is 22.7 Å². The normalized spacial score (nSPS) is 19.4. The Balaban J connectivity index is 2.12. The van der Waals surface area contributed by atoms with Gasteiger partial charge in [0.25, 0.3) is 5.69 Å². The summed E-state index contributed by atoms with van der Waals surface area (Å²) in [6, 6.07) is 5.04. The van der Waals surface area contributed by atoms with Crippen LogP contribution < -0.4 is 0 Å². The van der Waals surface area contributed by atoms with Crippen molar-refractivity contribution in [3.05, 3.63) is 38.3 Å². The van der Waals surface area contributed by atoms with Gasteiger partial charge in [0, 0.05) is 25.6 Å². The molecule has 1 fully saturated rings. The maximum atomic E-state index is 12.1. The minimum atomic E-state index is -0.412. The Morgan fingerprint density at radius 2 is 2.19 bits per heavy atom. The minimum Gasteiger partial charge on any atom is -0.338 e. The van der Waals surface area contributed by atoms with E-state index in [4.69, 9.17) is 0 Å². The van der Waals surface area contributed by atoms with Gasteiger partial charge in [-0.05, 0) is 46.3 Å². The van der Waals surface area contributed by atoms with Gasteiger partial charge in [0.15, 0.2) is 0 Å². The Hall–Kier alpha value is -1.43. The van der Waals surface area contributed by atoms with Crippen LogP contribution in [-0.2, 0) is 11.3 Å². The minimum absolute atomic E-state index is 0.0428. The number of likely N-dealkylation sites (tertiary alicyclic amines) is 1. The van der Waals surface area contributed by atoms with E-state index in [0.29, 0.717) is 23.4 Å². The summed E-state index contributed by atoms with van der Waals surface area (Å²) in [6.45, 7) is 3.34. The highest BCUT2D eigenvalue weighted by atomic mass is 79.9. The van der Waals surface area contributed by atoms with Crippen LogP contribution in [0.2, 0.25) is 0 Å². The molecule has 1 aromatic carbocycles. The molecule has 1 saturated heterocycles. The van der Waals surface area contributed by atoms with Crippen molar-refractivity contribution in [2.45, 2.75) is 39.2 Å². The molecular weight excluding hydrogens is 336 g/mol. The lowest BCUT2D eigenvalue weighted by Crippen LogP contribution is -2.29. The number of nitrogens with zero attached hydrogens (tertiary/aromatic N) is 2. The molecule has 1 heterocycles. The van der Waals surface area contributed by atoms with Crippen molar-refractivity contribution < 1.29 is 9.72 Å². The summed E-state index contributed by atoms with van der Waals surface area (Å²) in [4.78, 5) is 24.5. The van der Waals surface area contributed by atoms with E-state index >= 15 is 0 Å². The van der Waals surface area contributed by atoms with Crippen LogP contribution >= 0.6 is 15.9 Å². The predicted octanol–water partition coefficient (Wildman–Crippen LogP) is 3.90. The highest BCUT2D eigenvalue weighted by Gasteiger charge is 2.22. The number of carbonyl (C=O) groups excluding carboxylic acids is 1. The number of rotatable bonds is 4. The third-order valence-corrected chi connectivity index (χ3v) is 4.76. The van der Waals surface area contributed by atoms with E-state index in [1.165, 1.54) is 0 Å². The Labute approximate surface area is 132 Å². The SMILES string of the molecule is CCC1CCC(=O)N(Cc2ccc(Br)c([N+](=O)[O-])c2)CC1. The number of hydrogen-bond donors (Lipinski definition) is 0. The fourth-order valence-corrected chi connectivity index (χ4v) is 3.08. The molecule has 5 nitrogen and oxygen atoms in total. The number of hydrogen-bond acceptors (Lipinski definition) is 3. The zero-order valence-corrected chi connectivity index (χ0v) is 13.6. The van der Waals surface area contributed by atoms with Gasteiger partial charge in [-0.1, -0.05) is 19.4 Å². The van der Waals surface area contributed by atoms with Gasteiger partial charge in [0.1, 0.15) is 0 Å². The van der Waals surface area contributed by atoms with E-state index in [1.54, 1.807) is 12.1 Å². The first kappa shape index (κ1) is 15.9. The highest BCUT2D eigenvalue weighted by molar-refractivity contribution is 9.10. The zero-order chi connectivity index (χ0) is 15.4. The third-order valence-electron chi connectivity index (χ3n) is 4.08. The molecule has 114 valence electrons. The van der Waals surface area contributed by atoms with E-state index in [9.17, 15) is 14.9 Å². The van der Waals surface area contributed by atoms with Crippen LogP contribution in [0.3, 0.4) is 0 Å². The zero-order valence-electron chi connectivity index (χ0n) is 12.0. The molecule has 1 atom stereocenters. The lowest BCUT2D eigenvalue weighted by Gasteiger charge is -2.21. The highest BCUT2D eigenvalue weighted by Crippen LogP contribution is 2.27. The van der Waals surface area contributed by atoms with Crippen molar-refractivity contribution in [2.24, 2.45) is 5.92 Å². The fraction of sp³-hybridized carbons (Fsp3) is 0.533. The van der Waals surface area contributed by atoms with Gasteiger partial charge in [0.2, 0.25) is 5.91 Å². The van der Waals surface area contributed by atoms with Crippen molar-refractivity contribution in [1.29, 1.82) is 0 Å². The molecular formula is C15H19BrN2O3. The molecule has 0 aromatic heterocycles. The van der Waals surface area contributed by atoms with E-state index in [-0.39, 0.29) is 11.6 Å². The van der Waals surface area contributed by atoms with E-state index in [1.807, 2.05) is 11.0 Å². The topological polar surface area (TPSA) is 63.5 Å². The number of carbonyl (C=O) groups is 1. The first-order chi connectivity index (χ1) is 10.0. The molecule has 0 radical (unpaired) electrons. The molecule has 0 bridgehead atoms. The fourth-order valence-electron chi connectivity index (χ4n) is 2.69. The van der Waals surface area contributed by atoms with Crippen molar-refractivity contribution in [3.63, 3.8) is 0 Å². The smallest absolute Gasteiger partial charge is 0.283 e. The molecule has 6 heteroatoms. The average Bonchev–Trinajstić information content (AvgIpc) is 2.63. The van der Waals surface area contributed by atoms with Crippen LogP contribution in [-0.4, -0.2) is 22.3 Å². The van der Waals surface area contributed by atoms with Crippen LogP contribution in [0.5, 0.6) is 0 Å². The van der Waals surface area contributed by atoms with Gasteiger partial charge in [0.05, 0.1) is 9.40 Å². The second-order valence-corrected chi connectivity index (χ2v) is 6.31. The maximum absolute atomic E-state index is 12.1. The summed E-state index contributed by atoms with van der Waals surface area (Å²) in [6.07, 6.45) is 3.65. The van der Waals surface area contributed by atoms with E-state index in [0.717, 1.165) is 31.4 Å². The Morgan fingerprint density at radius 3 is 2.86 bits per heavy atom. The van der Waals surface area contributed by atoms with Crippen LogP contribution in [0.25, 0.3) is 0 Å². The lowest BCUT2D eigenvalue weighted by molar-refractivity contribution is -0.385. The summed E-state index contributed by atoms with van der Waals surface area (Å²) in [5.41, 5.74) is 0.842. The molecule has 1 amide bonds. The molecule has 21 heavy (non-hydrogen) atoms. The summed E-state index contributed by atoms with van der Waals surface area (Å²) in [7, 11) is 0. The molecule has 1 aliphatic heterocycles. The van der Waals surface area contributed by atoms with Crippen LogP contribution in [0.4, 0.5) is 5.69 Å². The second kappa shape index (κ2) is 7.02. The molecule has 1 aromatic rings. The molecule has 1 aliphatic rings. The number of benzene rings is 1. The van der Waals surface area contributed by atoms with Gasteiger partial charge in [-0.25, -0.2) is 0 Å². The molecule has 1 unspecified atom stereocenters. The number of nitro groups is 1. The van der Waals surface area contributed by atoms with Crippen LogP contribution in [0.1, 0.15) is 38.2 Å². The summed E-state index contributed by atoms with van der Waals surface area (Å²) in [5.74, 6) is 0.759. The van der Waals surface area contributed by atoms with E-state index < -0.39 is 4.92 Å². The molecule has 0 N–H and O–H groups in total. The number of halogens is 1. The van der Waals surface area contributed by atoms with Crippen LogP contribution in [0, 0.1) is 16.0 Å². The third kappa shape index (κ3) is 4.03. The molecule has 0 saturated carbocycles.